The average Bonchev–Trinajstić information content (AvgIpc) is 2.57. The third-order valence-corrected chi connectivity index (χ3v) is 3.39. The van der Waals surface area contributed by atoms with Crippen molar-refractivity contribution in [1.29, 1.82) is 0 Å². The van der Waals surface area contributed by atoms with E-state index in [0.717, 1.165) is 23.5 Å². The van der Waals surface area contributed by atoms with Crippen LogP contribution >= 0.6 is 0 Å². The van der Waals surface area contributed by atoms with Crippen LogP contribution in [-0.4, -0.2) is 4.98 Å². The Morgan fingerprint density at radius 3 is 1.74 bits per heavy atom. The highest BCUT2D eigenvalue weighted by Crippen LogP contribution is 2.36. The minimum Gasteiger partial charge on any atom is -0.310 e. The van der Waals surface area contributed by atoms with Crippen LogP contribution in [-0.2, 0) is 6.18 Å². The molecule has 0 spiro atoms. The minimum absolute atomic E-state index is 0.649. The van der Waals surface area contributed by atoms with E-state index in [-0.39, 0.29) is 0 Å². The minimum atomic E-state index is -4.34. The molecule has 0 amide bonds. The number of halogens is 3. The number of hydrogen-bond donors (Lipinski definition) is 0. The Labute approximate surface area is 131 Å². The quantitative estimate of drug-likeness (QED) is 0.628. The van der Waals surface area contributed by atoms with Crippen molar-refractivity contribution in [3.8, 4) is 0 Å². The summed E-state index contributed by atoms with van der Waals surface area (Å²) in [5.41, 5.74) is 1.67. The van der Waals surface area contributed by atoms with Gasteiger partial charge in [-0.25, -0.2) is 0 Å². The molecule has 0 saturated carbocycles. The first-order valence-electron chi connectivity index (χ1n) is 6.98. The summed E-state index contributed by atoms with van der Waals surface area (Å²) in [6.45, 7) is 0. The first-order valence-corrected chi connectivity index (χ1v) is 6.98. The van der Waals surface area contributed by atoms with Gasteiger partial charge in [-0.05, 0) is 48.5 Å². The molecule has 0 aliphatic heterocycles. The predicted molar refractivity (Wildman–Crippen MR) is 83.9 cm³/mol. The topological polar surface area (TPSA) is 16.1 Å². The highest BCUT2D eigenvalue weighted by Gasteiger charge is 2.30. The standard InChI is InChI=1S/C18H13F3N2/c19-18(20,21)14-6-8-16(9-7-14)23(15-4-2-1-3-5-15)17-10-12-22-13-11-17/h1-13H. The van der Waals surface area contributed by atoms with Gasteiger partial charge in [-0.15, -0.1) is 0 Å². The fourth-order valence-electron chi connectivity index (χ4n) is 2.32. The number of aromatic nitrogens is 1. The molecule has 116 valence electrons. The summed E-state index contributed by atoms with van der Waals surface area (Å²) in [5.74, 6) is 0. The van der Waals surface area contributed by atoms with Crippen molar-refractivity contribution in [2.45, 2.75) is 6.18 Å². The second-order valence-corrected chi connectivity index (χ2v) is 4.92. The van der Waals surface area contributed by atoms with Gasteiger partial charge in [-0.3, -0.25) is 4.98 Å². The van der Waals surface area contributed by atoms with Crippen molar-refractivity contribution in [2.24, 2.45) is 0 Å². The normalized spacial score (nSPS) is 11.3. The lowest BCUT2D eigenvalue weighted by Crippen LogP contribution is -2.11. The van der Waals surface area contributed by atoms with Gasteiger partial charge in [0.2, 0.25) is 0 Å². The molecule has 0 fully saturated rings. The van der Waals surface area contributed by atoms with E-state index < -0.39 is 11.7 Å². The number of pyridine rings is 1. The molecule has 0 bridgehead atoms. The van der Waals surface area contributed by atoms with Crippen molar-refractivity contribution < 1.29 is 13.2 Å². The lowest BCUT2D eigenvalue weighted by atomic mass is 10.1. The summed E-state index contributed by atoms with van der Waals surface area (Å²) in [6, 6.07) is 18.2. The van der Waals surface area contributed by atoms with Crippen LogP contribution in [0.1, 0.15) is 5.56 Å². The second kappa shape index (κ2) is 6.12. The molecule has 3 aromatic rings. The SMILES string of the molecule is FC(F)(F)c1ccc(N(c2ccccc2)c2ccncc2)cc1. The molecule has 5 heteroatoms. The average molecular weight is 314 g/mol. The molecule has 0 atom stereocenters. The van der Waals surface area contributed by atoms with E-state index in [1.807, 2.05) is 47.4 Å². The molecule has 1 heterocycles. The fraction of sp³-hybridized carbons (Fsp3) is 0.0556. The molecule has 0 aliphatic rings. The van der Waals surface area contributed by atoms with E-state index in [0.29, 0.717) is 5.69 Å². The van der Waals surface area contributed by atoms with E-state index in [4.69, 9.17) is 0 Å². The van der Waals surface area contributed by atoms with Crippen LogP contribution in [0.4, 0.5) is 30.2 Å². The van der Waals surface area contributed by atoms with E-state index in [2.05, 4.69) is 4.98 Å². The van der Waals surface area contributed by atoms with Gasteiger partial charge in [-0.1, -0.05) is 18.2 Å². The first-order chi connectivity index (χ1) is 11.1. The van der Waals surface area contributed by atoms with Crippen molar-refractivity contribution in [2.75, 3.05) is 4.90 Å². The number of anilines is 3. The van der Waals surface area contributed by atoms with Crippen LogP contribution in [0.5, 0.6) is 0 Å². The molecule has 0 N–H and O–H groups in total. The Morgan fingerprint density at radius 2 is 1.17 bits per heavy atom. The van der Waals surface area contributed by atoms with Crippen LogP contribution in [0, 0.1) is 0 Å². The van der Waals surface area contributed by atoms with E-state index in [1.165, 1.54) is 12.1 Å². The van der Waals surface area contributed by atoms with Gasteiger partial charge in [0.25, 0.3) is 0 Å². The molecule has 0 aliphatic carbocycles. The Bertz CT molecular complexity index is 714. The highest BCUT2D eigenvalue weighted by atomic mass is 19.4. The smallest absolute Gasteiger partial charge is 0.310 e. The summed E-state index contributed by atoms with van der Waals surface area (Å²) in [5, 5.41) is 0. The summed E-state index contributed by atoms with van der Waals surface area (Å²) >= 11 is 0. The second-order valence-electron chi connectivity index (χ2n) is 4.92. The molecule has 0 saturated heterocycles. The van der Waals surface area contributed by atoms with Crippen molar-refractivity contribution >= 4 is 17.1 Å². The molecule has 0 unspecified atom stereocenters. The highest BCUT2D eigenvalue weighted by molar-refractivity contribution is 5.76. The number of hydrogen-bond acceptors (Lipinski definition) is 2. The number of rotatable bonds is 3. The van der Waals surface area contributed by atoms with Gasteiger partial charge in [0.05, 0.1) is 5.56 Å². The third-order valence-electron chi connectivity index (χ3n) is 3.39. The molecule has 2 aromatic carbocycles. The van der Waals surface area contributed by atoms with Crippen LogP contribution in [0.25, 0.3) is 0 Å². The van der Waals surface area contributed by atoms with Crippen molar-refractivity contribution in [1.82, 2.24) is 4.98 Å². The van der Waals surface area contributed by atoms with E-state index in [9.17, 15) is 13.2 Å². The van der Waals surface area contributed by atoms with Gasteiger partial charge < -0.3 is 4.90 Å². The Hall–Kier alpha value is -2.82. The maximum atomic E-state index is 12.7. The van der Waals surface area contributed by atoms with Crippen LogP contribution in [0.15, 0.2) is 79.1 Å². The van der Waals surface area contributed by atoms with Gasteiger partial charge in [0.1, 0.15) is 0 Å². The number of benzene rings is 2. The summed E-state index contributed by atoms with van der Waals surface area (Å²) in [4.78, 5) is 5.86. The summed E-state index contributed by atoms with van der Waals surface area (Å²) in [7, 11) is 0. The van der Waals surface area contributed by atoms with Gasteiger partial charge in [-0.2, -0.15) is 13.2 Å². The fourth-order valence-corrected chi connectivity index (χ4v) is 2.32. The van der Waals surface area contributed by atoms with Gasteiger partial charge in [0.15, 0.2) is 0 Å². The number of nitrogens with zero attached hydrogens (tertiary/aromatic N) is 2. The zero-order valence-corrected chi connectivity index (χ0v) is 12.0. The zero-order chi connectivity index (χ0) is 16.3. The lowest BCUT2D eigenvalue weighted by molar-refractivity contribution is -0.137. The van der Waals surface area contributed by atoms with Crippen LogP contribution in [0.3, 0.4) is 0 Å². The molecule has 23 heavy (non-hydrogen) atoms. The van der Waals surface area contributed by atoms with Gasteiger partial charge in [0, 0.05) is 29.5 Å². The number of para-hydroxylation sites is 1. The maximum absolute atomic E-state index is 12.7. The molecular weight excluding hydrogens is 301 g/mol. The predicted octanol–water partition coefficient (Wildman–Crippen LogP) is 5.57. The Balaban J connectivity index is 2.06. The number of alkyl halides is 3. The van der Waals surface area contributed by atoms with Crippen molar-refractivity contribution in [3.63, 3.8) is 0 Å². The molecule has 1 aromatic heterocycles. The summed E-state index contributed by atoms with van der Waals surface area (Å²) < 4.78 is 38.2. The maximum Gasteiger partial charge on any atom is 0.416 e. The largest absolute Gasteiger partial charge is 0.416 e. The van der Waals surface area contributed by atoms with Crippen molar-refractivity contribution in [3.05, 3.63) is 84.7 Å². The van der Waals surface area contributed by atoms with Crippen LogP contribution in [0.2, 0.25) is 0 Å². The summed E-state index contributed by atoms with van der Waals surface area (Å²) in [6.07, 6.45) is -1.04. The molecule has 0 radical (unpaired) electrons. The third kappa shape index (κ3) is 3.34. The first kappa shape index (κ1) is 15.1. The molecular formula is C18H13F3N2. The Morgan fingerprint density at radius 1 is 0.652 bits per heavy atom. The lowest BCUT2D eigenvalue weighted by Gasteiger charge is -2.25. The van der Waals surface area contributed by atoms with E-state index in [1.54, 1.807) is 12.4 Å². The van der Waals surface area contributed by atoms with E-state index >= 15 is 0 Å². The Kier molecular flexibility index (Phi) is 4.02. The molecule has 2 nitrogen and oxygen atoms in total. The monoisotopic (exact) mass is 314 g/mol. The molecule has 3 rings (SSSR count). The zero-order valence-electron chi connectivity index (χ0n) is 12.0. The van der Waals surface area contributed by atoms with Gasteiger partial charge >= 0.3 is 6.18 Å². The van der Waals surface area contributed by atoms with Crippen LogP contribution < -0.4 is 4.90 Å².